The molecule has 0 saturated heterocycles. The van der Waals surface area contributed by atoms with Gasteiger partial charge in [-0.05, 0) is 17.7 Å². The minimum absolute atomic E-state index is 0.489. The normalized spacial score (nSPS) is 9.83. The van der Waals surface area contributed by atoms with Crippen molar-refractivity contribution in [2.45, 2.75) is 5.92 Å². The third kappa shape index (κ3) is 1.92. The van der Waals surface area contributed by atoms with E-state index in [-0.39, 0.29) is 0 Å². The maximum Gasteiger partial charge on any atom is 0.214 e. The summed E-state index contributed by atoms with van der Waals surface area (Å²) in [6, 6.07) is 6.51. The molecule has 1 rings (SSSR count). The number of rotatable bonds is 3. The van der Waals surface area contributed by atoms with Gasteiger partial charge in [-0.2, -0.15) is 0 Å². The molecule has 0 aliphatic rings. The van der Waals surface area contributed by atoms with Crippen LogP contribution in [0.5, 0.6) is 0 Å². The molecule has 0 atom stereocenters. The van der Waals surface area contributed by atoms with Crippen molar-refractivity contribution in [3.8, 4) is 0 Å². The fourth-order valence-electron chi connectivity index (χ4n) is 0.846. The lowest BCUT2D eigenvalue weighted by Crippen LogP contribution is -2.00. The summed E-state index contributed by atoms with van der Waals surface area (Å²) in [5.74, 6) is -0.941. The van der Waals surface area contributed by atoms with Gasteiger partial charge in [-0.25, -0.2) is 0 Å². The van der Waals surface area contributed by atoms with Crippen LogP contribution in [-0.4, -0.2) is 12.6 Å². The van der Waals surface area contributed by atoms with Crippen molar-refractivity contribution < 1.29 is 9.59 Å². The zero-order chi connectivity index (χ0) is 8.97. The molecule has 0 amide bonds. The molecule has 0 saturated carbocycles. The molecule has 1 aromatic rings. The van der Waals surface area contributed by atoms with Crippen molar-refractivity contribution in [1.82, 2.24) is 0 Å². The number of halogens is 1. The Balaban J connectivity index is 3.00. The quantitative estimate of drug-likeness (QED) is 0.663. The van der Waals surface area contributed by atoms with Crippen LogP contribution < -0.4 is 0 Å². The van der Waals surface area contributed by atoms with E-state index in [0.29, 0.717) is 10.6 Å². The lowest BCUT2D eigenvalue weighted by atomic mass is 10.0. The van der Waals surface area contributed by atoms with Gasteiger partial charge < -0.3 is 0 Å². The lowest BCUT2D eigenvalue weighted by molar-refractivity contribution is 0.534. The predicted molar refractivity (Wildman–Crippen MR) is 45.6 cm³/mol. The molecule has 3 heteroatoms. The van der Waals surface area contributed by atoms with Crippen LogP contribution in [0, 0.1) is 0 Å². The largest absolute Gasteiger partial charge is 0.290 e. The third-order valence-corrected chi connectivity index (χ3v) is 1.65. The second kappa shape index (κ2) is 4.02. The van der Waals surface area contributed by atoms with E-state index in [1.165, 1.54) is 0 Å². The predicted octanol–water partition coefficient (Wildman–Crippen LogP) is 1.64. The Bertz CT molecular complexity index is 288. The molecule has 2 nitrogen and oxygen atoms in total. The van der Waals surface area contributed by atoms with Gasteiger partial charge in [0.15, 0.2) is 0 Å². The van der Waals surface area contributed by atoms with Gasteiger partial charge in [0, 0.05) is 5.02 Å². The van der Waals surface area contributed by atoms with E-state index < -0.39 is 5.92 Å². The Morgan fingerprint density at radius 2 is 1.92 bits per heavy atom. The minimum atomic E-state index is -0.941. The average molecular weight is 181 g/mol. The zero-order valence-corrected chi connectivity index (χ0v) is 6.84. The van der Waals surface area contributed by atoms with Gasteiger partial charge in [0.2, 0.25) is 12.6 Å². The Kier molecular flexibility index (Phi) is 3.00. The topological polar surface area (TPSA) is 34.1 Å². The number of benzene rings is 1. The molecule has 0 N–H and O–H groups in total. The summed E-state index contributed by atoms with van der Waals surface area (Å²) in [6.07, 6.45) is 3.13. The van der Waals surface area contributed by atoms with Crippen molar-refractivity contribution in [1.29, 1.82) is 0 Å². The van der Waals surface area contributed by atoms with Gasteiger partial charge in [0.1, 0.15) is 5.92 Å². The second-order valence-electron chi connectivity index (χ2n) is 2.22. The van der Waals surface area contributed by atoms with Crippen LogP contribution >= 0.6 is 11.6 Å². The van der Waals surface area contributed by atoms with Crippen LogP contribution in [-0.2, 0) is 9.59 Å². The molecular formula is C9H5ClO2. The fourth-order valence-corrected chi connectivity index (χ4v) is 1.05. The van der Waals surface area contributed by atoms with E-state index in [2.05, 4.69) is 0 Å². The minimum Gasteiger partial charge on any atom is -0.290 e. The SMILES string of the molecule is O=[C]C([C]=O)c1cccc(Cl)c1. The van der Waals surface area contributed by atoms with Crippen LogP contribution in [0.1, 0.15) is 11.5 Å². The maximum absolute atomic E-state index is 10.2. The molecular weight excluding hydrogens is 176 g/mol. The number of hydrogen-bond donors (Lipinski definition) is 0. The van der Waals surface area contributed by atoms with Gasteiger partial charge in [-0.1, -0.05) is 23.7 Å². The highest BCUT2D eigenvalue weighted by Crippen LogP contribution is 2.16. The molecule has 0 heterocycles. The number of hydrogen-bond acceptors (Lipinski definition) is 2. The Hall–Kier alpha value is -1.15. The molecule has 0 bridgehead atoms. The van der Waals surface area contributed by atoms with E-state index >= 15 is 0 Å². The first-order valence-corrected chi connectivity index (χ1v) is 3.66. The second-order valence-corrected chi connectivity index (χ2v) is 2.66. The highest BCUT2D eigenvalue weighted by atomic mass is 35.5. The Morgan fingerprint density at radius 1 is 1.25 bits per heavy atom. The average Bonchev–Trinajstić information content (AvgIpc) is 2.07. The summed E-state index contributed by atoms with van der Waals surface area (Å²) in [5, 5.41) is 0.489. The zero-order valence-electron chi connectivity index (χ0n) is 6.08. The fraction of sp³-hybridized carbons (Fsp3) is 0.111. The summed E-state index contributed by atoms with van der Waals surface area (Å²) in [5.41, 5.74) is 0.521. The van der Waals surface area contributed by atoms with Gasteiger partial charge in [0.25, 0.3) is 0 Å². The van der Waals surface area contributed by atoms with E-state index in [0.717, 1.165) is 0 Å². The van der Waals surface area contributed by atoms with Crippen molar-refractivity contribution in [3.05, 3.63) is 34.9 Å². The van der Waals surface area contributed by atoms with Crippen LogP contribution in [0.15, 0.2) is 24.3 Å². The highest BCUT2D eigenvalue weighted by Gasteiger charge is 2.10. The first-order chi connectivity index (χ1) is 5.77. The van der Waals surface area contributed by atoms with Crippen LogP contribution in [0.4, 0.5) is 0 Å². The molecule has 0 unspecified atom stereocenters. The molecule has 0 spiro atoms. The first-order valence-electron chi connectivity index (χ1n) is 3.28. The van der Waals surface area contributed by atoms with E-state index in [9.17, 15) is 9.59 Å². The molecule has 0 aromatic heterocycles. The van der Waals surface area contributed by atoms with E-state index in [4.69, 9.17) is 11.6 Å². The van der Waals surface area contributed by atoms with Crippen LogP contribution in [0.2, 0.25) is 5.02 Å². The third-order valence-electron chi connectivity index (χ3n) is 1.42. The van der Waals surface area contributed by atoms with E-state index in [1.807, 2.05) is 0 Å². The van der Waals surface area contributed by atoms with Gasteiger partial charge >= 0.3 is 0 Å². The first kappa shape index (κ1) is 8.94. The smallest absolute Gasteiger partial charge is 0.214 e. The molecule has 60 valence electrons. The summed E-state index contributed by atoms with van der Waals surface area (Å²) in [7, 11) is 0. The monoisotopic (exact) mass is 180 g/mol. The van der Waals surface area contributed by atoms with Crippen molar-refractivity contribution >= 4 is 24.2 Å². The Morgan fingerprint density at radius 3 is 2.42 bits per heavy atom. The van der Waals surface area contributed by atoms with Crippen molar-refractivity contribution in [2.75, 3.05) is 0 Å². The standard InChI is InChI=1S/C9H5ClO2/c10-9-3-1-2-7(4-9)8(5-11)6-12/h1-4,8H. The molecule has 12 heavy (non-hydrogen) atoms. The maximum atomic E-state index is 10.2. The molecule has 1 aromatic carbocycles. The van der Waals surface area contributed by atoms with Crippen LogP contribution in [0.3, 0.4) is 0 Å². The highest BCUT2D eigenvalue weighted by molar-refractivity contribution is 6.30. The molecule has 0 fully saturated rings. The summed E-state index contributed by atoms with van der Waals surface area (Å²) in [4.78, 5) is 20.4. The van der Waals surface area contributed by atoms with Crippen molar-refractivity contribution in [2.24, 2.45) is 0 Å². The summed E-state index contributed by atoms with van der Waals surface area (Å²) < 4.78 is 0. The molecule has 0 aliphatic heterocycles. The summed E-state index contributed by atoms with van der Waals surface area (Å²) in [6.45, 7) is 0. The lowest BCUT2D eigenvalue weighted by Gasteiger charge is -2.00. The van der Waals surface area contributed by atoms with Gasteiger partial charge in [-0.3, -0.25) is 9.59 Å². The van der Waals surface area contributed by atoms with Crippen molar-refractivity contribution in [3.63, 3.8) is 0 Å². The molecule has 0 aliphatic carbocycles. The summed E-state index contributed by atoms with van der Waals surface area (Å²) >= 11 is 5.64. The van der Waals surface area contributed by atoms with Gasteiger partial charge in [0.05, 0.1) is 0 Å². The molecule has 2 radical (unpaired) electrons. The Labute approximate surface area is 75.2 Å². The van der Waals surface area contributed by atoms with Gasteiger partial charge in [-0.15, -0.1) is 0 Å². The van der Waals surface area contributed by atoms with Crippen LogP contribution in [0.25, 0.3) is 0 Å². The number of carbonyl (C=O) groups excluding carboxylic acids is 2. The van der Waals surface area contributed by atoms with E-state index in [1.54, 1.807) is 36.8 Å².